The molecule has 0 spiro atoms. The Hall–Kier alpha value is -1.39. The van der Waals surface area contributed by atoms with Crippen molar-refractivity contribution in [3.05, 3.63) is 35.9 Å². The molecule has 0 saturated heterocycles. The van der Waals surface area contributed by atoms with Crippen molar-refractivity contribution in [3.8, 4) is 6.26 Å². The van der Waals surface area contributed by atoms with E-state index in [-0.39, 0.29) is 6.10 Å². The van der Waals surface area contributed by atoms with Crippen LogP contribution in [0, 0.1) is 11.5 Å². The van der Waals surface area contributed by atoms with E-state index in [0.29, 0.717) is 19.8 Å². The van der Waals surface area contributed by atoms with E-state index in [9.17, 15) is 0 Å². The second-order valence-electron chi connectivity index (χ2n) is 5.40. The van der Waals surface area contributed by atoms with E-state index in [1.165, 1.54) is 5.56 Å². The Bertz CT molecular complexity index is 461. The molecule has 0 aromatic heterocycles. The van der Waals surface area contributed by atoms with Crippen LogP contribution in [-0.4, -0.2) is 34.7 Å². The van der Waals surface area contributed by atoms with Gasteiger partial charge < -0.3 is 18.0 Å². The van der Waals surface area contributed by atoms with Crippen LogP contribution in [0.25, 0.3) is 0 Å². The molecule has 1 aromatic rings. The van der Waals surface area contributed by atoms with Gasteiger partial charge in [-0.15, -0.1) is 0 Å². The van der Waals surface area contributed by atoms with Crippen LogP contribution in [0.4, 0.5) is 0 Å². The molecule has 0 aliphatic carbocycles. The zero-order valence-electron chi connectivity index (χ0n) is 15.0. The molecule has 0 aliphatic rings. The first kappa shape index (κ1) is 20.7. The third-order valence-corrected chi connectivity index (χ3v) is 6.78. The molecule has 134 valence electrons. The van der Waals surface area contributed by atoms with Crippen LogP contribution >= 0.6 is 0 Å². The van der Waals surface area contributed by atoms with E-state index in [1.807, 2.05) is 57.4 Å². The zero-order valence-corrected chi connectivity index (χ0v) is 16.0. The van der Waals surface area contributed by atoms with Gasteiger partial charge in [-0.05, 0) is 39.2 Å². The molecule has 0 heterocycles. The van der Waals surface area contributed by atoms with E-state index < -0.39 is 8.80 Å². The van der Waals surface area contributed by atoms with Crippen molar-refractivity contribution in [2.45, 2.75) is 52.2 Å². The topological polar surface area (TPSA) is 60.7 Å². The van der Waals surface area contributed by atoms with E-state index in [2.05, 4.69) is 0 Å². The lowest BCUT2D eigenvalue weighted by Gasteiger charge is -2.28. The maximum absolute atomic E-state index is 8.89. The van der Waals surface area contributed by atoms with E-state index >= 15 is 0 Å². The van der Waals surface area contributed by atoms with Crippen molar-refractivity contribution in [3.63, 3.8) is 0 Å². The van der Waals surface area contributed by atoms with E-state index in [0.717, 1.165) is 25.3 Å². The Morgan fingerprint density at radius 3 is 2.08 bits per heavy atom. The summed E-state index contributed by atoms with van der Waals surface area (Å²) < 4.78 is 22.8. The summed E-state index contributed by atoms with van der Waals surface area (Å²) in [6, 6.07) is 10.8. The zero-order chi connectivity index (χ0) is 17.7. The highest BCUT2D eigenvalue weighted by Gasteiger charge is 2.39. The molecule has 0 bridgehead atoms. The molecule has 1 atom stereocenters. The normalized spacial score (nSPS) is 12.6. The van der Waals surface area contributed by atoms with Gasteiger partial charge in [-0.3, -0.25) is 0 Å². The van der Waals surface area contributed by atoms with Crippen molar-refractivity contribution in [1.29, 1.82) is 5.26 Å². The Morgan fingerprint density at radius 1 is 1.00 bits per heavy atom. The smallest absolute Gasteiger partial charge is 0.424 e. The average Bonchev–Trinajstić information content (AvgIpc) is 2.57. The lowest BCUT2D eigenvalue weighted by molar-refractivity contribution is 0.0690. The summed E-state index contributed by atoms with van der Waals surface area (Å²) in [5.74, 6) is 0. The van der Waals surface area contributed by atoms with Crippen molar-refractivity contribution in [2.75, 3.05) is 19.8 Å². The lowest BCUT2D eigenvalue weighted by atomic mass is 10.0. The molecule has 24 heavy (non-hydrogen) atoms. The molecule has 0 amide bonds. The summed E-state index contributed by atoms with van der Waals surface area (Å²) in [5, 5.41) is 8.89. The van der Waals surface area contributed by atoms with Crippen LogP contribution in [0.3, 0.4) is 0 Å². The number of hydrogen-bond donors (Lipinski definition) is 0. The van der Waals surface area contributed by atoms with Crippen LogP contribution in [0.5, 0.6) is 0 Å². The maximum atomic E-state index is 8.89. The quantitative estimate of drug-likeness (QED) is 0.398. The Balaban J connectivity index is 2.59. The summed E-state index contributed by atoms with van der Waals surface area (Å²) in [6.45, 7) is 7.60. The summed E-state index contributed by atoms with van der Waals surface area (Å²) in [4.78, 5) is 0. The number of nitriles is 1. The van der Waals surface area contributed by atoms with Gasteiger partial charge in [0.05, 0.1) is 0 Å². The molecule has 1 unspecified atom stereocenters. The molecule has 1 rings (SSSR count). The predicted molar refractivity (Wildman–Crippen MR) is 95.3 cm³/mol. The Labute approximate surface area is 146 Å². The van der Waals surface area contributed by atoms with Gasteiger partial charge in [0.15, 0.2) is 0 Å². The van der Waals surface area contributed by atoms with Gasteiger partial charge >= 0.3 is 8.80 Å². The highest BCUT2D eigenvalue weighted by molar-refractivity contribution is 6.60. The van der Waals surface area contributed by atoms with Gasteiger partial charge in [0.2, 0.25) is 0 Å². The molecule has 5 nitrogen and oxygen atoms in total. The molecule has 6 heteroatoms. The average molecular weight is 352 g/mol. The minimum absolute atomic E-state index is 0.131. The fraction of sp³-hybridized carbons (Fsp3) is 0.611. The van der Waals surface area contributed by atoms with Gasteiger partial charge in [-0.25, -0.2) is 0 Å². The molecule has 0 N–H and O–H groups in total. The minimum atomic E-state index is -2.62. The Morgan fingerprint density at radius 2 is 1.58 bits per heavy atom. The number of hydrogen-bond acceptors (Lipinski definition) is 5. The number of benzene rings is 1. The monoisotopic (exact) mass is 351 g/mol. The minimum Gasteiger partial charge on any atom is -0.424 e. The van der Waals surface area contributed by atoms with Crippen LogP contribution in [-0.2, 0) is 24.4 Å². The standard InChI is InChI=1S/C18H29NO4Si/c1-4-21-24(22-5-2,23-6-3)14-10-13-18(20-16-19)15-17-11-8-7-9-12-17/h7-9,11-12,18H,4-6,10,13-15H2,1-3H3. The third kappa shape index (κ3) is 7.45. The van der Waals surface area contributed by atoms with Crippen molar-refractivity contribution >= 4 is 8.80 Å². The first-order valence-corrected chi connectivity index (χ1v) is 10.6. The second kappa shape index (κ2) is 12.0. The van der Waals surface area contributed by atoms with Gasteiger partial charge in [-0.2, -0.15) is 5.26 Å². The van der Waals surface area contributed by atoms with Crippen molar-refractivity contribution in [1.82, 2.24) is 0 Å². The highest BCUT2D eigenvalue weighted by atomic mass is 28.4. The maximum Gasteiger partial charge on any atom is 0.500 e. The van der Waals surface area contributed by atoms with E-state index in [4.69, 9.17) is 23.3 Å². The van der Waals surface area contributed by atoms with Crippen molar-refractivity contribution < 1.29 is 18.0 Å². The number of nitrogens with zero attached hydrogens (tertiary/aromatic N) is 1. The predicted octanol–water partition coefficient (Wildman–Crippen LogP) is 3.92. The number of rotatable bonds is 13. The number of ether oxygens (including phenoxy) is 1. The summed E-state index contributed by atoms with van der Waals surface area (Å²) in [7, 11) is -2.62. The fourth-order valence-corrected chi connectivity index (χ4v) is 5.34. The molecule has 1 aromatic carbocycles. The van der Waals surface area contributed by atoms with Crippen LogP contribution in [0.2, 0.25) is 6.04 Å². The van der Waals surface area contributed by atoms with Gasteiger partial charge in [0, 0.05) is 32.3 Å². The summed E-state index contributed by atoms with van der Waals surface area (Å²) >= 11 is 0. The Kier molecular flexibility index (Phi) is 10.4. The molecular weight excluding hydrogens is 322 g/mol. The molecule has 0 saturated carbocycles. The summed E-state index contributed by atoms with van der Waals surface area (Å²) in [6.07, 6.45) is 4.03. The van der Waals surface area contributed by atoms with Crippen LogP contribution in [0.15, 0.2) is 30.3 Å². The van der Waals surface area contributed by atoms with Gasteiger partial charge in [0.1, 0.15) is 6.10 Å². The third-order valence-electron chi connectivity index (χ3n) is 3.63. The van der Waals surface area contributed by atoms with Gasteiger partial charge in [0.25, 0.3) is 6.26 Å². The largest absolute Gasteiger partial charge is 0.500 e. The van der Waals surface area contributed by atoms with Crippen LogP contribution in [0.1, 0.15) is 39.2 Å². The molecule has 0 fully saturated rings. The SMILES string of the molecule is CCO[Si](CCCC(Cc1ccccc1)OC#N)(OCC)OCC. The first-order chi connectivity index (χ1) is 11.7. The highest BCUT2D eigenvalue weighted by Crippen LogP contribution is 2.21. The molecule has 0 aliphatic heterocycles. The second-order valence-corrected chi connectivity index (χ2v) is 8.13. The summed E-state index contributed by atoms with van der Waals surface area (Å²) in [5.41, 5.74) is 1.17. The lowest BCUT2D eigenvalue weighted by Crippen LogP contribution is -2.46. The molecule has 0 radical (unpaired) electrons. The van der Waals surface area contributed by atoms with Crippen LogP contribution < -0.4 is 0 Å². The fourth-order valence-electron chi connectivity index (χ4n) is 2.70. The molecular formula is C18H29NO4Si. The van der Waals surface area contributed by atoms with Gasteiger partial charge in [-0.1, -0.05) is 30.3 Å². The first-order valence-electron chi connectivity index (χ1n) is 8.70. The van der Waals surface area contributed by atoms with Crippen molar-refractivity contribution in [2.24, 2.45) is 0 Å². The van der Waals surface area contributed by atoms with E-state index in [1.54, 1.807) is 0 Å².